The Morgan fingerprint density at radius 1 is 1.42 bits per heavy atom. The highest BCUT2D eigenvalue weighted by atomic mass is 19.4. The second-order valence-corrected chi connectivity index (χ2v) is 5.46. The smallest absolute Gasteiger partial charge is 0.370 e. The maximum atomic E-state index is 13.1. The maximum absolute atomic E-state index is 13.1. The molecule has 0 bridgehead atoms. The van der Waals surface area contributed by atoms with E-state index >= 15 is 0 Å². The van der Waals surface area contributed by atoms with Crippen molar-refractivity contribution in [1.29, 1.82) is 0 Å². The van der Waals surface area contributed by atoms with Crippen LogP contribution in [0.15, 0.2) is 30.7 Å². The van der Waals surface area contributed by atoms with Crippen LogP contribution in [0.1, 0.15) is 27.7 Å². The van der Waals surface area contributed by atoms with E-state index in [9.17, 15) is 18.0 Å². The molecule has 24 heavy (non-hydrogen) atoms. The minimum atomic E-state index is -4.68. The minimum absolute atomic E-state index is 0.163. The number of aromatic nitrogens is 3. The number of alkyl halides is 3. The zero-order valence-corrected chi connectivity index (χ0v) is 12.8. The van der Waals surface area contributed by atoms with E-state index < -0.39 is 29.4 Å². The molecule has 0 aliphatic carbocycles. The van der Waals surface area contributed by atoms with Crippen LogP contribution in [-0.4, -0.2) is 45.3 Å². The van der Waals surface area contributed by atoms with Gasteiger partial charge >= 0.3 is 6.18 Å². The summed E-state index contributed by atoms with van der Waals surface area (Å²) in [6, 6.07) is 2.47. The highest BCUT2D eigenvalue weighted by Gasteiger charge is 2.38. The number of pyridine rings is 1. The van der Waals surface area contributed by atoms with Gasteiger partial charge in [0.25, 0.3) is 5.91 Å². The average Bonchev–Trinajstić information content (AvgIpc) is 3.00. The molecule has 9 heteroatoms. The topological polar surface area (TPSA) is 60.2 Å². The average molecular weight is 340 g/mol. The van der Waals surface area contributed by atoms with Gasteiger partial charge in [0.15, 0.2) is 5.69 Å². The monoisotopic (exact) mass is 340 g/mol. The zero-order chi connectivity index (χ0) is 17.3. The molecule has 128 valence electrons. The molecule has 3 heterocycles. The largest absolute Gasteiger partial charge is 0.434 e. The number of aryl methyl sites for hydroxylation is 1. The fourth-order valence-electron chi connectivity index (χ4n) is 2.62. The van der Waals surface area contributed by atoms with Crippen molar-refractivity contribution in [3.05, 3.63) is 47.5 Å². The van der Waals surface area contributed by atoms with Gasteiger partial charge in [-0.05, 0) is 12.1 Å². The maximum Gasteiger partial charge on any atom is 0.434 e. The van der Waals surface area contributed by atoms with Crippen LogP contribution in [-0.2, 0) is 18.0 Å². The van der Waals surface area contributed by atoms with Crippen molar-refractivity contribution in [2.24, 2.45) is 7.05 Å². The molecule has 3 rings (SSSR count). The number of rotatable bonds is 2. The predicted octanol–water partition coefficient (Wildman–Crippen LogP) is 2.05. The number of ether oxygens (including phenoxy) is 1. The molecule has 6 nitrogen and oxygen atoms in total. The third-order valence-electron chi connectivity index (χ3n) is 3.76. The molecule has 1 atom stereocenters. The SMILES string of the molecule is Cn1cc([C@H]2CN(C(=O)c3cccnc3C(F)(F)F)CCO2)cn1. The number of amides is 1. The third-order valence-corrected chi connectivity index (χ3v) is 3.76. The summed E-state index contributed by atoms with van der Waals surface area (Å²) in [5.74, 6) is -0.701. The lowest BCUT2D eigenvalue weighted by molar-refractivity contribution is -0.141. The van der Waals surface area contributed by atoms with Crippen LogP contribution in [0.3, 0.4) is 0 Å². The molecule has 0 aromatic carbocycles. The number of halogens is 3. The first-order valence-corrected chi connectivity index (χ1v) is 7.28. The summed E-state index contributed by atoms with van der Waals surface area (Å²) in [7, 11) is 1.75. The second-order valence-electron chi connectivity index (χ2n) is 5.46. The van der Waals surface area contributed by atoms with E-state index in [0.29, 0.717) is 0 Å². The normalized spacial score (nSPS) is 18.7. The first-order chi connectivity index (χ1) is 11.4. The Morgan fingerprint density at radius 2 is 2.21 bits per heavy atom. The first kappa shape index (κ1) is 16.4. The lowest BCUT2D eigenvalue weighted by atomic mass is 10.1. The van der Waals surface area contributed by atoms with E-state index in [2.05, 4.69) is 10.1 Å². The van der Waals surface area contributed by atoms with Gasteiger partial charge in [0.05, 0.1) is 24.9 Å². The zero-order valence-electron chi connectivity index (χ0n) is 12.8. The molecule has 2 aromatic rings. The first-order valence-electron chi connectivity index (χ1n) is 7.28. The molecular formula is C15H15F3N4O2. The Hall–Kier alpha value is -2.42. The molecule has 0 N–H and O–H groups in total. The van der Waals surface area contributed by atoms with E-state index in [4.69, 9.17) is 4.74 Å². The Kier molecular flexibility index (Phi) is 4.27. The number of hydrogen-bond acceptors (Lipinski definition) is 4. The molecular weight excluding hydrogens is 325 g/mol. The van der Waals surface area contributed by atoms with Crippen molar-refractivity contribution in [2.75, 3.05) is 19.7 Å². The van der Waals surface area contributed by atoms with E-state index in [-0.39, 0.29) is 19.7 Å². The van der Waals surface area contributed by atoms with Gasteiger partial charge in [-0.25, -0.2) is 0 Å². The van der Waals surface area contributed by atoms with Crippen LogP contribution >= 0.6 is 0 Å². The van der Waals surface area contributed by atoms with Crippen molar-refractivity contribution < 1.29 is 22.7 Å². The van der Waals surface area contributed by atoms with Crippen molar-refractivity contribution in [1.82, 2.24) is 19.7 Å². The Bertz CT molecular complexity index is 744. The fourth-order valence-corrected chi connectivity index (χ4v) is 2.62. The summed E-state index contributed by atoms with van der Waals surface area (Å²) in [5.41, 5.74) is -0.839. The molecule has 1 aliphatic heterocycles. The number of carbonyl (C=O) groups is 1. The molecule has 1 amide bonds. The number of carbonyl (C=O) groups excluding carboxylic acids is 1. The summed E-state index contributed by atoms with van der Waals surface area (Å²) in [5, 5.41) is 4.04. The van der Waals surface area contributed by atoms with Crippen LogP contribution in [0, 0.1) is 0 Å². The van der Waals surface area contributed by atoms with Crippen molar-refractivity contribution in [2.45, 2.75) is 12.3 Å². The van der Waals surface area contributed by atoms with Crippen LogP contribution in [0.25, 0.3) is 0 Å². The molecule has 0 unspecified atom stereocenters. The predicted molar refractivity (Wildman–Crippen MR) is 77.0 cm³/mol. The van der Waals surface area contributed by atoms with Gasteiger partial charge in [0.2, 0.25) is 0 Å². The van der Waals surface area contributed by atoms with Crippen LogP contribution in [0.5, 0.6) is 0 Å². The lowest BCUT2D eigenvalue weighted by Crippen LogP contribution is -2.42. The van der Waals surface area contributed by atoms with E-state index in [1.165, 1.54) is 11.0 Å². The lowest BCUT2D eigenvalue weighted by Gasteiger charge is -2.33. The Balaban J connectivity index is 1.83. The van der Waals surface area contributed by atoms with Crippen molar-refractivity contribution >= 4 is 5.91 Å². The Labute approximate surface area is 135 Å². The number of morpholine rings is 1. The number of hydrogen-bond donors (Lipinski definition) is 0. The van der Waals surface area contributed by atoms with Gasteiger partial charge in [-0.3, -0.25) is 14.5 Å². The summed E-state index contributed by atoms with van der Waals surface area (Å²) < 4.78 is 46.4. The minimum Gasteiger partial charge on any atom is -0.370 e. The molecule has 1 saturated heterocycles. The fraction of sp³-hybridized carbons (Fsp3) is 0.400. The molecule has 0 spiro atoms. The second kappa shape index (κ2) is 6.23. The van der Waals surface area contributed by atoms with Crippen molar-refractivity contribution in [3.63, 3.8) is 0 Å². The highest BCUT2D eigenvalue weighted by Crippen LogP contribution is 2.31. The van der Waals surface area contributed by atoms with E-state index in [1.54, 1.807) is 24.1 Å². The van der Waals surface area contributed by atoms with Crippen LogP contribution < -0.4 is 0 Å². The summed E-state index contributed by atoms with van der Waals surface area (Å²) >= 11 is 0. The summed E-state index contributed by atoms with van der Waals surface area (Å²) in [6.07, 6.45) is -0.700. The molecule has 2 aromatic heterocycles. The molecule has 0 radical (unpaired) electrons. The van der Waals surface area contributed by atoms with Gasteiger partial charge < -0.3 is 9.64 Å². The van der Waals surface area contributed by atoms with E-state index in [0.717, 1.165) is 17.8 Å². The van der Waals surface area contributed by atoms with E-state index in [1.807, 2.05) is 0 Å². The van der Waals surface area contributed by atoms with Crippen LogP contribution in [0.4, 0.5) is 13.2 Å². The molecule has 1 fully saturated rings. The highest BCUT2D eigenvalue weighted by molar-refractivity contribution is 5.95. The summed E-state index contributed by atoms with van der Waals surface area (Å²) in [4.78, 5) is 17.2. The molecule has 1 aliphatic rings. The standard InChI is InChI=1S/C15H15F3N4O2/c1-21-8-10(7-20-21)12-9-22(5-6-24-12)14(23)11-3-2-4-19-13(11)15(16,17)18/h2-4,7-8,12H,5-6,9H2,1H3/t12-/m1/s1. The van der Waals surface area contributed by atoms with Gasteiger partial charge in [0, 0.05) is 31.5 Å². The van der Waals surface area contributed by atoms with Crippen molar-refractivity contribution in [3.8, 4) is 0 Å². The summed E-state index contributed by atoms with van der Waals surface area (Å²) in [6.45, 7) is 0.630. The third kappa shape index (κ3) is 3.25. The molecule has 0 saturated carbocycles. The quantitative estimate of drug-likeness (QED) is 0.839. The van der Waals surface area contributed by atoms with Gasteiger partial charge in [-0.1, -0.05) is 0 Å². The van der Waals surface area contributed by atoms with Crippen LogP contribution in [0.2, 0.25) is 0 Å². The van der Waals surface area contributed by atoms with Gasteiger partial charge in [0.1, 0.15) is 6.10 Å². The van der Waals surface area contributed by atoms with Gasteiger partial charge in [-0.2, -0.15) is 18.3 Å². The van der Waals surface area contributed by atoms with Gasteiger partial charge in [-0.15, -0.1) is 0 Å². The number of nitrogens with zero attached hydrogens (tertiary/aromatic N) is 4. The Morgan fingerprint density at radius 3 is 2.88 bits per heavy atom.